The van der Waals surface area contributed by atoms with Gasteiger partial charge in [-0.25, -0.2) is 0 Å². The molecule has 1 rings (SSSR count). The van der Waals surface area contributed by atoms with Gasteiger partial charge in [-0.3, -0.25) is 0 Å². The Morgan fingerprint density at radius 1 is 0.545 bits per heavy atom. The van der Waals surface area contributed by atoms with Gasteiger partial charge in [-0.1, -0.05) is 27.7 Å². The summed E-state index contributed by atoms with van der Waals surface area (Å²) in [4.78, 5) is 6.11. The van der Waals surface area contributed by atoms with E-state index in [9.17, 15) is 0 Å². The Bertz CT molecular complexity index is 379. The largest absolute Gasteiger partial charge is 0.125 e. The van der Waals surface area contributed by atoms with Crippen molar-refractivity contribution in [1.82, 2.24) is 0 Å². The minimum atomic E-state index is 1.22. The summed E-state index contributed by atoms with van der Waals surface area (Å²) in [6, 6.07) is 4.73. The van der Waals surface area contributed by atoms with E-state index in [2.05, 4.69) is 63.4 Å². The number of hydrogen-bond donors (Lipinski definition) is 0. The Hall–Kier alpha value is 0.620. The number of rotatable bonds is 12. The fourth-order valence-corrected chi connectivity index (χ4v) is 6.41. The van der Waals surface area contributed by atoms with Crippen molar-refractivity contribution < 1.29 is 0 Å². The van der Waals surface area contributed by atoms with Gasteiger partial charge in [0.25, 0.3) is 0 Å². The molecule has 0 bridgehead atoms. The lowest BCUT2D eigenvalue weighted by Gasteiger charge is -2.17. The maximum absolute atomic E-state index is 2.37. The topological polar surface area (TPSA) is 0 Å². The number of thioether (sulfide) groups is 4. The first-order valence-electron chi connectivity index (χ1n) is 8.46. The highest BCUT2D eigenvalue weighted by atomic mass is 32.2. The molecule has 0 aliphatic rings. The molecular weight excluding hydrogens is 344 g/mol. The molecule has 126 valence electrons. The van der Waals surface area contributed by atoms with Crippen LogP contribution in [0.25, 0.3) is 0 Å². The Balaban J connectivity index is 3.11. The van der Waals surface area contributed by atoms with Gasteiger partial charge in [-0.15, -0.1) is 47.0 Å². The maximum Gasteiger partial charge on any atom is 0.0355 e. The van der Waals surface area contributed by atoms with Gasteiger partial charge < -0.3 is 0 Å². The fraction of sp³-hybridized carbons (Fsp3) is 0.667. The Morgan fingerprint density at radius 3 is 1.18 bits per heavy atom. The molecule has 0 amide bonds. The number of hydrogen-bond acceptors (Lipinski definition) is 4. The zero-order chi connectivity index (χ0) is 16.2. The lowest BCUT2D eigenvalue weighted by Crippen LogP contribution is -1.92. The molecule has 0 N–H and O–H groups in total. The predicted molar refractivity (Wildman–Crippen MR) is 111 cm³/mol. The summed E-state index contributed by atoms with van der Waals surface area (Å²) in [5, 5.41) is 0. The van der Waals surface area contributed by atoms with Gasteiger partial charge in [-0.2, -0.15) is 0 Å². The standard InChI is InChI=1S/C18H30S4/c1-5-11-19-15-9-10-16(20-12-6-2)18(22-14-8-4)17(15)21-13-7-3/h9-10H,5-8,11-14H2,1-4H3. The lowest BCUT2D eigenvalue weighted by molar-refractivity contribution is 1.00. The van der Waals surface area contributed by atoms with Crippen LogP contribution in [0.4, 0.5) is 0 Å². The van der Waals surface area contributed by atoms with Crippen LogP contribution in [-0.2, 0) is 0 Å². The predicted octanol–water partition coefficient (Wildman–Crippen LogP) is 7.70. The van der Waals surface area contributed by atoms with E-state index >= 15 is 0 Å². The first-order valence-corrected chi connectivity index (χ1v) is 12.4. The van der Waals surface area contributed by atoms with E-state index in [1.54, 1.807) is 9.79 Å². The van der Waals surface area contributed by atoms with Crippen molar-refractivity contribution in [3.63, 3.8) is 0 Å². The molecule has 0 radical (unpaired) electrons. The van der Waals surface area contributed by atoms with E-state index in [-0.39, 0.29) is 0 Å². The summed E-state index contributed by atoms with van der Waals surface area (Å²) >= 11 is 8.20. The molecule has 0 unspecified atom stereocenters. The highest BCUT2D eigenvalue weighted by Crippen LogP contribution is 2.44. The lowest BCUT2D eigenvalue weighted by atomic mass is 10.3. The molecule has 0 heterocycles. The van der Waals surface area contributed by atoms with E-state index < -0.39 is 0 Å². The Labute approximate surface area is 154 Å². The van der Waals surface area contributed by atoms with Crippen LogP contribution < -0.4 is 0 Å². The molecule has 4 heteroatoms. The summed E-state index contributed by atoms with van der Waals surface area (Å²) < 4.78 is 0. The van der Waals surface area contributed by atoms with Gasteiger partial charge in [0.1, 0.15) is 0 Å². The van der Waals surface area contributed by atoms with Crippen molar-refractivity contribution in [1.29, 1.82) is 0 Å². The fourth-order valence-electron chi connectivity index (χ4n) is 1.86. The highest BCUT2D eigenvalue weighted by molar-refractivity contribution is 8.04. The molecule has 0 aromatic heterocycles. The van der Waals surface area contributed by atoms with Crippen LogP contribution in [0.3, 0.4) is 0 Å². The van der Waals surface area contributed by atoms with E-state index in [1.165, 1.54) is 58.5 Å². The van der Waals surface area contributed by atoms with Crippen LogP contribution in [0.15, 0.2) is 31.7 Å². The van der Waals surface area contributed by atoms with Gasteiger partial charge in [0, 0.05) is 19.6 Å². The van der Waals surface area contributed by atoms with E-state index in [0.29, 0.717) is 0 Å². The average Bonchev–Trinajstić information content (AvgIpc) is 2.55. The highest BCUT2D eigenvalue weighted by Gasteiger charge is 2.15. The second-order valence-electron chi connectivity index (χ2n) is 5.11. The van der Waals surface area contributed by atoms with E-state index in [0.717, 1.165) is 0 Å². The van der Waals surface area contributed by atoms with Gasteiger partial charge in [0.05, 0.1) is 0 Å². The normalized spacial score (nSPS) is 11.1. The molecule has 0 aliphatic heterocycles. The molecule has 1 aromatic carbocycles. The second-order valence-corrected chi connectivity index (χ2v) is 9.60. The van der Waals surface area contributed by atoms with Crippen molar-refractivity contribution in [2.75, 3.05) is 23.0 Å². The molecular formula is C18H30S4. The van der Waals surface area contributed by atoms with Crippen molar-refractivity contribution in [3.05, 3.63) is 12.1 Å². The van der Waals surface area contributed by atoms with Gasteiger partial charge >= 0.3 is 0 Å². The van der Waals surface area contributed by atoms with Crippen LogP contribution in [0.5, 0.6) is 0 Å². The van der Waals surface area contributed by atoms with Crippen molar-refractivity contribution in [2.24, 2.45) is 0 Å². The third-order valence-electron chi connectivity index (χ3n) is 2.86. The maximum atomic E-state index is 2.37. The van der Waals surface area contributed by atoms with Gasteiger partial charge in [0.2, 0.25) is 0 Å². The zero-order valence-electron chi connectivity index (χ0n) is 14.4. The Morgan fingerprint density at radius 2 is 0.864 bits per heavy atom. The van der Waals surface area contributed by atoms with Crippen molar-refractivity contribution >= 4 is 47.0 Å². The van der Waals surface area contributed by atoms with Crippen LogP contribution >= 0.6 is 47.0 Å². The molecule has 0 saturated heterocycles. The minimum Gasteiger partial charge on any atom is -0.125 e. The van der Waals surface area contributed by atoms with Crippen LogP contribution in [-0.4, -0.2) is 23.0 Å². The van der Waals surface area contributed by atoms with Crippen molar-refractivity contribution in [3.8, 4) is 0 Å². The van der Waals surface area contributed by atoms with Crippen molar-refractivity contribution in [2.45, 2.75) is 73.0 Å². The second kappa shape index (κ2) is 13.0. The van der Waals surface area contributed by atoms with Crippen LogP contribution in [0.1, 0.15) is 53.4 Å². The monoisotopic (exact) mass is 374 g/mol. The summed E-state index contributed by atoms with van der Waals surface area (Å²) in [6.07, 6.45) is 4.97. The molecule has 0 nitrogen and oxygen atoms in total. The molecule has 0 spiro atoms. The summed E-state index contributed by atoms with van der Waals surface area (Å²) in [7, 11) is 0. The average molecular weight is 375 g/mol. The third-order valence-corrected chi connectivity index (χ3v) is 8.43. The summed E-state index contributed by atoms with van der Waals surface area (Å²) in [5.74, 6) is 4.89. The summed E-state index contributed by atoms with van der Waals surface area (Å²) in [6.45, 7) is 9.09. The molecule has 1 aromatic rings. The smallest absolute Gasteiger partial charge is 0.0355 e. The van der Waals surface area contributed by atoms with Gasteiger partial charge in [0.15, 0.2) is 0 Å². The first-order chi connectivity index (χ1) is 10.8. The molecule has 22 heavy (non-hydrogen) atoms. The summed E-state index contributed by atoms with van der Waals surface area (Å²) in [5.41, 5.74) is 0. The van der Waals surface area contributed by atoms with E-state index in [1.807, 2.05) is 23.5 Å². The molecule has 0 aliphatic carbocycles. The zero-order valence-corrected chi connectivity index (χ0v) is 17.7. The van der Waals surface area contributed by atoms with E-state index in [4.69, 9.17) is 0 Å². The Kier molecular flexibility index (Phi) is 12.2. The SMILES string of the molecule is CCCSc1ccc(SCCC)c(SCCC)c1SCCC. The molecule has 0 saturated carbocycles. The third kappa shape index (κ3) is 7.02. The van der Waals surface area contributed by atoms with Crippen LogP contribution in [0.2, 0.25) is 0 Å². The quantitative estimate of drug-likeness (QED) is 0.344. The van der Waals surface area contributed by atoms with Gasteiger partial charge in [-0.05, 0) is 60.8 Å². The minimum absolute atomic E-state index is 1.22. The van der Waals surface area contributed by atoms with Crippen LogP contribution in [0, 0.1) is 0 Å². The number of benzene rings is 1. The molecule has 0 atom stereocenters. The first kappa shape index (κ1) is 20.7. The molecule has 0 fully saturated rings.